The monoisotopic (exact) mass is 230 g/mol. The molecular formula is C13H14N2O2. The van der Waals surface area contributed by atoms with Crippen LogP contribution in [0.25, 0.3) is 0 Å². The predicted octanol–water partition coefficient (Wildman–Crippen LogP) is 2.02. The second-order valence-electron chi connectivity index (χ2n) is 4.00. The van der Waals surface area contributed by atoms with E-state index < -0.39 is 5.97 Å². The number of hydrogen-bond donors (Lipinski definition) is 1. The summed E-state index contributed by atoms with van der Waals surface area (Å²) >= 11 is 0. The van der Waals surface area contributed by atoms with Gasteiger partial charge in [-0.25, -0.2) is 4.79 Å². The van der Waals surface area contributed by atoms with Crippen LogP contribution in [0.15, 0.2) is 30.3 Å². The van der Waals surface area contributed by atoms with Crippen molar-refractivity contribution in [1.29, 1.82) is 0 Å². The Morgan fingerprint density at radius 3 is 2.59 bits per heavy atom. The number of carboxylic acids is 1. The van der Waals surface area contributed by atoms with Gasteiger partial charge >= 0.3 is 5.97 Å². The first-order chi connectivity index (χ1) is 8.09. The molecule has 0 aliphatic carbocycles. The molecular weight excluding hydrogens is 216 g/mol. The van der Waals surface area contributed by atoms with Crippen molar-refractivity contribution in [2.45, 2.75) is 13.3 Å². The Morgan fingerprint density at radius 2 is 2.00 bits per heavy atom. The van der Waals surface area contributed by atoms with Crippen molar-refractivity contribution in [3.63, 3.8) is 0 Å². The van der Waals surface area contributed by atoms with E-state index in [1.807, 2.05) is 30.3 Å². The van der Waals surface area contributed by atoms with Gasteiger partial charge in [-0.05, 0) is 12.5 Å². The van der Waals surface area contributed by atoms with Crippen LogP contribution in [0.2, 0.25) is 0 Å². The van der Waals surface area contributed by atoms with Crippen molar-refractivity contribution in [2.75, 3.05) is 0 Å². The smallest absolute Gasteiger partial charge is 0.339 e. The third kappa shape index (κ3) is 2.20. The van der Waals surface area contributed by atoms with Crippen LogP contribution in [0, 0.1) is 6.92 Å². The lowest BCUT2D eigenvalue weighted by Gasteiger charge is -2.04. The molecule has 4 nitrogen and oxygen atoms in total. The Labute approximate surface area is 99.5 Å². The van der Waals surface area contributed by atoms with E-state index >= 15 is 0 Å². The molecule has 0 aliphatic rings. The summed E-state index contributed by atoms with van der Waals surface area (Å²) in [7, 11) is 1.78. The first kappa shape index (κ1) is 11.4. The third-order valence-electron chi connectivity index (χ3n) is 2.77. The van der Waals surface area contributed by atoms with Gasteiger partial charge in [-0.1, -0.05) is 30.3 Å². The minimum Gasteiger partial charge on any atom is -0.478 e. The lowest BCUT2D eigenvalue weighted by atomic mass is 10.1. The van der Waals surface area contributed by atoms with E-state index in [9.17, 15) is 9.90 Å². The fourth-order valence-electron chi connectivity index (χ4n) is 1.98. The number of hydrogen-bond acceptors (Lipinski definition) is 2. The van der Waals surface area contributed by atoms with Crippen molar-refractivity contribution >= 4 is 5.97 Å². The summed E-state index contributed by atoms with van der Waals surface area (Å²) in [6.07, 6.45) is 0.583. The van der Waals surface area contributed by atoms with Crippen molar-refractivity contribution < 1.29 is 9.90 Å². The van der Waals surface area contributed by atoms with Gasteiger partial charge in [-0.3, -0.25) is 4.68 Å². The van der Waals surface area contributed by atoms with Crippen molar-refractivity contribution in [3.8, 4) is 0 Å². The van der Waals surface area contributed by atoms with Gasteiger partial charge in [0.1, 0.15) is 5.56 Å². The highest BCUT2D eigenvalue weighted by Crippen LogP contribution is 2.17. The van der Waals surface area contributed by atoms with Gasteiger partial charge < -0.3 is 5.11 Å². The molecule has 0 spiro atoms. The van der Waals surface area contributed by atoms with E-state index in [0.29, 0.717) is 17.7 Å². The maximum absolute atomic E-state index is 11.2. The first-order valence-corrected chi connectivity index (χ1v) is 5.39. The summed E-state index contributed by atoms with van der Waals surface area (Å²) in [6, 6.07) is 9.79. The topological polar surface area (TPSA) is 55.1 Å². The molecule has 0 saturated carbocycles. The van der Waals surface area contributed by atoms with Gasteiger partial charge in [-0.2, -0.15) is 5.10 Å². The summed E-state index contributed by atoms with van der Waals surface area (Å²) in [6.45, 7) is 1.72. The highest BCUT2D eigenvalue weighted by Gasteiger charge is 2.19. The molecule has 0 fully saturated rings. The minimum atomic E-state index is -0.915. The van der Waals surface area contributed by atoms with E-state index in [1.165, 1.54) is 0 Å². The number of aromatic carboxylic acids is 1. The molecule has 0 unspecified atom stereocenters. The number of aromatic nitrogens is 2. The molecule has 1 N–H and O–H groups in total. The SMILES string of the molecule is Cc1nn(C)c(Cc2ccccc2)c1C(=O)O. The molecule has 0 radical (unpaired) electrons. The first-order valence-electron chi connectivity index (χ1n) is 5.39. The predicted molar refractivity (Wildman–Crippen MR) is 64.2 cm³/mol. The molecule has 17 heavy (non-hydrogen) atoms. The van der Waals surface area contributed by atoms with Crippen LogP contribution in [0.4, 0.5) is 0 Å². The zero-order valence-corrected chi connectivity index (χ0v) is 9.84. The van der Waals surface area contributed by atoms with Gasteiger partial charge in [0.25, 0.3) is 0 Å². The summed E-state index contributed by atoms with van der Waals surface area (Å²) in [4.78, 5) is 11.2. The Kier molecular flexibility index (Phi) is 2.95. The van der Waals surface area contributed by atoms with Crippen LogP contribution in [0.3, 0.4) is 0 Å². The number of nitrogens with zero attached hydrogens (tertiary/aromatic N) is 2. The zero-order chi connectivity index (χ0) is 12.4. The van der Waals surface area contributed by atoms with E-state index in [4.69, 9.17) is 0 Å². The van der Waals surface area contributed by atoms with Gasteiger partial charge in [0.05, 0.1) is 11.4 Å². The molecule has 88 valence electrons. The zero-order valence-electron chi connectivity index (χ0n) is 9.84. The molecule has 0 aliphatic heterocycles. The molecule has 4 heteroatoms. The third-order valence-corrected chi connectivity index (χ3v) is 2.77. The number of rotatable bonds is 3. The molecule has 0 atom stereocenters. The van der Waals surface area contributed by atoms with Crippen LogP contribution in [0.5, 0.6) is 0 Å². The molecule has 0 amide bonds. The van der Waals surface area contributed by atoms with Gasteiger partial charge in [0.15, 0.2) is 0 Å². The molecule has 1 aromatic carbocycles. The fraction of sp³-hybridized carbons (Fsp3) is 0.231. The Balaban J connectivity index is 2.42. The molecule has 2 rings (SSSR count). The van der Waals surface area contributed by atoms with E-state index in [2.05, 4.69) is 5.10 Å². The number of carbonyl (C=O) groups is 1. The summed E-state index contributed by atoms with van der Waals surface area (Å²) in [5, 5.41) is 13.3. The Bertz CT molecular complexity index is 544. The molecule has 0 bridgehead atoms. The second-order valence-corrected chi connectivity index (χ2v) is 4.00. The van der Waals surface area contributed by atoms with Gasteiger partial charge in [0, 0.05) is 13.5 Å². The van der Waals surface area contributed by atoms with Crippen LogP contribution < -0.4 is 0 Å². The van der Waals surface area contributed by atoms with Gasteiger partial charge in [0.2, 0.25) is 0 Å². The van der Waals surface area contributed by atoms with Crippen molar-refractivity contribution in [3.05, 3.63) is 52.8 Å². The van der Waals surface area contributed by atoms with Gasteiger partial charge in [-0.15, -0.1) is 0 Å². The number of aryl methyl sites for hydroxylation is 2. The average Bonchev–Trinajstić information content (AvgIpc) is 2.55. The highest BCUT2D eigenvalue weighted by atomic mass is 16.4. The average molecular weight is 230 g/mol. The lowest BCUT2D eigenvalue weighted by Crippen LogP contribution is -2.06. The fourth-order valence-corrected chi connectivity index (χ4v) is 1.98. The largest absolute Gasteiger partial charge is 0.478 e. The quantitative estimate of drug-likeness (QED) is 0.877. The Hall–Kier alpha value is -2.10. The van der Waals surface area contributed by atoms with Crippen LogP contribution >= 0.6 is 0 Å². The molecule has 1 aromatic heterocycles. The summed E-state index contributed by atoms with van der Waals surface area (Å²) in [5.41, 5.74) is 2.70. The molecule has 2 aromatic rings. The second kappa shape index (κ2) is 4.41. The molecule has 1 heterocycles. The summed E-state index contributed by atoms with van der Waals surface area (Å²) < 4.78 is 1.64. The van der Waals surface area contributed by atoms with Crippen LogP contribution in [0.1, 0.15) is 27.3 Å². The van der Waals surface area contributed by atoms with E-state index in [-0.39, 0.29) is 0 Å². The molecule has 0 saturated heterocycles. The maximum atomic E-state index is 11.2. The van der Waals surface area contributed by atoms with Crippen LogP contribution in [-0.4, -0.2) is 20.9 Å². The summed E-state index contributed by atoms with van der Waals surface area (Å²) in [5.74, 6) is -0.915. The van der Waals surface area contributed by atoms with E-state index in [1.54, 1.807) is 18.7 Å². The number of carboxylic acid groups (broad SMARTS) is 1. The van der Waals surface area contributed by atoms with Crippen LogP contribution in [-0.2, 0) is 13.5 Å². The minimum absolute atomic E-state index is 0.316. The lowest BCUT2D eigenvalue weighted by molar-refractivity contribution is 0.0695. The van der Waals surface area contributed by atoms with E-state index in [0.717, 1.165) is 11.3 Å². The maximum Gasteiger partial charge on any atom is 0.339 e. The van der Waals surface area contributed by atoms with Crippen molar-refractivity contribution in [2.24, 2.45) is 7.05 Å². The Morgan fingerprint density at radius 1 is 1.35 bits per heavy atom. The number of benzene rings is 1. The normalized spacial score (nSPS) is 10.5. The van der Waals surface area contributed by atoms with Crippen molar-refractivity contribution in [1.82, 2.24) is 9.78 Å². The highest BCUT2D eigenvalue weighted by molar-refractivity contribution is 5.90. The standard InChI is InChI=1S/C13H14N2O2/c1-9-12(13(16)17)11(15(2)14-9)8-10-6-4-3-5-7-10/h3-7H,8H2,1-2H3,(H,16,17).